The maximum absolute atomic E-state index is 12.5. The number of amides is 2. The van der Waals surface area contributed by atoms with E-state index >= 15 is 0 Å². The minimum atomic E-state index is -0.335. The Hall–Kier alpha value is -3.07. The molecule has 0 unspecified atom stereocenters. The van der Waals surface area contributed by atoms with E-state index < -0.39 is 0 Å². The van der Waals surface area contributed by atoms with E-state index in [1.807, 2.05) is 13.8 Å². The highest BCUT2D eigenvalue weighted by atomic mass is 32.1. The Balaban J connectivity index is 1.57. The van der Waals surface area contributed by atoms with Crippen molar-refractivity contribution in [2.45, 2.75) is 40.5 Å². The Kier molecular flexibility index (Phi) is 6.94. The number of benzene rings is 1. The highest BCUT2D eigenvalue weighted by molar-refractivity contribution is 7.13. The fourth-order valence-electron chi connectivity index (χ4n) is 2.96. The van der Waals surface area contributed by atoms with Crippen molar-refractivity contribution in [3.05, 3.63) is 56.9 Å². The van der Waals surface area contributed by atoms with Gasteiger partial charge in [-0.1, -0.05) is 36.4 Å². The Morgan fingerprint density at radius 2 is 1.97 bits per heavy atom. The number of hydrogen-bond donors (Lipinski definition) is 2. The molecule has 0 atom stereocenters. The van der Waals surface area contributed by atoms with Gasteiger partial charge in [0.1, 0.15) is 10.8 Å². The van der Waals surface area contributed by atoms with E-state index in [1.165, 1.54) is 11.3 Å². The van der Waals surface area contributed by atoms with E-state index in [2.05, 4.69) is 39.8 Å². The summed E-state index contributed by atoms with van der Waals surface area (Å²) < 4.78 is 5.14. The van der Waals surface area contributed by atoms with Crippen molar-refractivity contribution in [3.8, 4) is 0 Å². The zero-order chi connectivity index (χ0) is 21.7. The monoisotopic (exact) mass is 427 g/mol. The molecule has 0 aliphatic rings. The van der Waals surface area contributed by atoms with E-state index in [4.69, 9.17) is 4.52 Å². The second-order valence-electron chi connectivity index (χ2n) is 7.44. The van der Waals surface area contributed by atoms with Crippen molar-refractivity contribution in [2.24, 2.45) is 5.92 Å². The van der Waals surface area contributed by atoms with Gasteiger partial charge in [-0.3, -0.25) is 9.59 Å². The van der Waals surface area contributed by atoms with Gasteiger partial charge in [0.2, 0.25) is 5.01 Å². The molecule has 0 bridgehead atoms. The Bertz CT molecular complexity index is 1020. The topological polar surface area (TPSA) is 110 Å². The van der Waals surface area contributed by atoms with Crippen LogP contribution < -0.4 is 10.6 Å². The first kappa shape index (κ1) is 21.6. The van der Waals surface area contributed by atoms with Gasteiger partial charge in [-0.25, -0.2) is 0 Å². The molecule has 0 spiro atoms. The summed E-state index contributed by atoms with van der Waals surface area (Å²) in [6, 6.07) is 6.80. The molecule has 3 rings (SSSR count). The second-order valence-corrected chi connectivity index (χ2v) is 8.50. The first-order chi connectivity index (χ1) is 14.3. The SMILES string of the molecule is Cc1noc(C)c1CCNC(=O)c1cccc(NC(=O)c2nnc(CC(C)C)s2)c1. The predicted molar refractivity (Wildman–Crippen MR) is 115 cm³/mol. The molecule has 0 fully saturated rings. The number of rotatable bonds is 8. The number of aromatic nitrogens is 3. The van der Waals surface area contributed by atoms with Crippen molar-refractivity contribution >= 4 is 28.8 Å². The van der Waals surface area contributed by atoms with Crippen LogP contribution >= 0.6 is 11.3 Å². The number of nitrogens with zero attached hydrogens (tertiary/aromatic N) is 3. The van der Waals surface area contributed by atoms with Crippen LogP contribution in [0.4, 0.5) is 5.69 Å². The van der Waals surface area contributed by atoms with Crippen LogP contribution in [0.1, 0.15) is 56.0 Å². The minimum absolute atomic E-state index is 0.215. The summed E-state index contributed by atoms with van der Waals surface area (Å²) in [5.74, 6) is 0.660. The lowest BCUT2D eigenvalue weighted by Gasteiger charge is -2.08. The summed E-state index contributed by atoms with van der Waals surface area (Å²) >= 11 is 1.28. The number of nitrogens with one attached hydrogen (secondary N) is 2. The average Bonchev–Trinajstić information content (AvgIpc) is 3.29. The maximum Gasteiger partial charge on any atom is 0.286 e. The molecule has 0 saturated heterocycles. The zero-order valence-corrected chi connectivity index (χ0v) is 18.3. The van der Waals surface area contributed by atoms with Crippen LogP contribution in [0.5, 0.6) is 0 Å². The molecule has 2 amide bonds. The van der Waals surface area contributed by atoms with Gasteiger partial charge in [0.05, 0.1) is 5.69 Å². The number of carbonyl (C=O) groups is 2. The molecular formula is C21H25N5O3S. The molecule has 2 heterocycles. The molecule has 2 N–H and O–H groups in total. The first-order valence-corrected chi connectivity index (χ1v) is 10.6. The van der Waals surface area contributed by atoms with Crippen LogP contribution in [0.15, 0.2) is 28.8 Å². The fraction of sp³-hybridized carbons (Fsp3) is 0.381. The number of aryl methyl sites for hydroxylation is 2. The van der Waals surface area contributed by atoms with Crippen molar-refractivity contribution in [2.75, 3.05) is 11.9 Å². The van der Waals surface area contributed by atoms with Crippen LogP contribution in [0.25, 0.3) is 0 Å². The van der Waals surface area contributed by atoms with Crippen LogP contribution in [0.2, 0.25) is 0 Å². The van der Waals surface area contributed by atoms with E-state index in [0.29, 0.717) is 35.1 Å². The Morgan fingerprint density at radius 1 is 1.17 bits per heavy atom. The summed E-state index contributed by atoms with van der Waals surface area (Å²) in [4.78, 5) is 24.9. The standard InChI is InChI=1S/C21H25N5O3S/c1-12(2)10-18-24-25-21(30-18)20(28)23-16-7-5-6-15(11-16)19(27)22-9-8-17-13(3)26-29-14(17)4/h5-7,11-12H,8-10H2,1-4H3,(H,22,27)(H,23,28). The summed E-state index contributed by atoms with van der Waals surface area (Å²) in [7, 11) is 0. The van der Waals surface area contributed by atoms with Gasteiger partial charge >= 0.3 is 0 Å². The smallest absolute Gasteiger partial charge is 0.286 e. The number of hydrogen-bond acceptors (Lipinski definition) is 7. The molecule has 3 aromatic rings. The van der Waals surface area contributed by atoms with Crippen LogP contribution in [-0.4, -0.2) is 33.7 Å². The van der Waals surface area contributed by atoms with Crippen molar-refractivity contribution in [1.82, 2.24) is 20.7 Å². The van der Waals surface area contributed by atoms with Gasteiger partial charge in [-0.05, 0) is 44.4 Å². The van der Waals surface area contributed by atoms with E-state index in [9.17, 15) is 9.59 Å². The van der Waals surface area contributed by atoms with E-state index in [0.717, 1.165) is 28.4 Å². The molecule has 8 nitrogen and oxygen atoms in total. The molecule has 30 heavy (non-hydrogen) atoms. The molecular weight excluding hydrogens is 402 g/mol. The quantitative estimate of drug-likeness (QED) is 0.569. The van der Waals surface area contributed by atoms with Crippen LogP contribution in [0, 0.1) is 19.8 Å². The lowest BCUT2D eigenvalue weighted by molar-refractivity contribution is 0.0952. The maximum atomic E-state index is 12.5. The Labute approximate surface area is 179 Å². The summed E-state index contributed by atoms with van der Waals surface area (Å²) in [5, 5.41) is 18.8. The lowest BCUT2D eigenvalue weighted by Crippen LogP contribution is -2.26. The molecule has 0 saturated carbocycles. The molecule has 0 aliphatic heterocycles. The summed E-state index contributed by atoms with van der Waals surface area (Å²) in [6.45, 7) is 8.37. The van der Waals surface area contributed by atoms with Crippen molar-refractivity contribution in [3.63, 3.8) is 0 Å². The summed E-state index contributed by atoms with van der Waals surface area (Å²) in [5.41, 5.74) is 2.83. The number of carbonyl (C=O) groups excluding carboxylic acids is 2. The predicted octanol–water partition coefficient (Wildman–Crippen LogP) is 3.57. The van der Waals surface area contributed by atoms with Gasteiger partial charge in [0.25, 0.3) is 11.8 Å². The molecule has 0 radical (unpaired) electrons. The average molecular weight is 428 g/mol. The van der Waals surface area contributed by atoms with Crippen LogP contribution in [-0.2, 0) is 12.8 Å². The van der Waals surface area contributed by atoms with Crippen LogP contribution in [0.3, 0.4) is 0 Å². The van der Waals surface area contributed by atoms with Gasteiger partial charge < -0.3 is 15.2 Å². The van der Waals surface area contributed by atoms with Gasteiger partial charge in [-0.2, -0.15) is 0 Å². The largest absolute Gasteiger partial charge is 0.361 e. The molecule has 2 aromatic heterocycles. The highest BCUT2D eigenvalue weighted by Crippen LogP contribution is 2.17. The molecule has 158 valence electrons. The van der Waals surface area contributed by atoms with Gasteiger partial charge in [0.15, 0.2) is 0 Å². The second kappa shape index (κ2) is 9.62. The van der Waals surface area contributed by atoms with Gasteiger partial charge in [-0.15, -0.1) is 10.2 Å². The highest BCUT2D eigenvalue weighted by Gasteiger charge is 2.15. The molecule has 0 aliphatic carbocycles. The van der Waals surface area contributed by atoms with Crippen molar-refractivity contribution in [1.29, 1.82) is 0 Å². The zero-order valence-electron chi connectivity index (χ0n) is 17.5. The lowest BCUT2D eigenvalue weighted by atomic mass is 10.1. The third-order valence-electron chi connectivity index (χ3n) is 4.47. The van der Waals surface area contributed by atoms with E-state index in [-0.39, 0.29) is 11.8 Å². The molecule has 9 heteroatoms. The van der Waals surface area contributed by atoms with Crippen molar-refractivity contribution < 1.29 is 14.1 Å². The fourth-order valence-corrected chi connectivity index (χ4v) is 3.91. The Morgan fingerprint density at radius 3 is 2.67 bits per heavy atom. The van der Waals surface area contributed by atoms with Gasteiger partial charge in [0, 0.05) is 29.8 Å². The van der Waals surface area contributed by atoms with E-state index in [1.54, 1.807) is 24.3 Å². The molecule has 1 aromatic carbocycles. The summed E-state index contributed by atoms with van der Waals surface area (Å²) in [6.07, 6.45) is 1.42. The minimum Gasteiger partial charge on any atom is -0.361 e. The number of anilines is 1. The first-order valence-electron chi connectivity index (χ1n) is 9.77. The third-order valence-corrected chi connectivity index (χ3v) is 5.41. The third kappa shape index (κ3) is 5.50. The normalized spacial score (nSPS) is 11.0.